The Morgan fingerprint density at radius 2 is 0.870 bits per heavy atom. The van der Waals surface area contributed by atoms with Gasteiger partial charge in [0.15, 0.2) is 5.78 Å². The Kier molecular flexibility index (Phi) is 35.1. The molecule has 1 rings (SSSR count). The first-order valence-corrected chi connectivity index (χ1v) is 23.4. The average Bonchev–Trinajstić information content (AvgIpc) is 3.19. The largest absolute Gasteiger partial charge is 0.387 e. The number of carbonyl (C=O) groups is 2. The number of rotatable bonds is 40. The van der Waals surface area contributed by atoms with E-state index in [4.69, 9.17) is 0 Å². The monoisotopic (exact) mass is 754 g/mol. The number of Topliss-reactive ketones (excluding diaryl/α,β-unsaturated/α-hetero) is 1. The SMILES string of the molecule is CCCCCCCCCCCCCC=CC(O)C(NC(=O)CCCCCCCCCCCCCCCCCCCCCCC)C(O)C(=O)c1ccccc1. The number of carbonyl (C=O) groups excluding carboxylic acids is 2. The number of hydrogen-bond donors (Lipinski definition) is 3. The Morgan fingerprint density at radius 3 is 1.26 bits per heavy atom. The molecule has 0 aliphatic heterocycles. The molecule has 3 atom stereocenters. The molecule has 0 fully saturated rings. The van der Waals surface area contributed by atoms with E-state index in [0.717, 1.165) is 38.5 Å². The maximum absolute atomic E-state index is 13.1. The highest BCUT2D eigenvalue weighted by Crippen LogP contribution is 2.17. The van der Waals surface area contributed by atoms with E-state index in [1.165, 1.54) is 173 Å². The van der Waals surface area contributed by atoms with E-state index < -0.39 is 24.0 Å². The second-order valence-corrected chi connectivity index (χ2v) is 16.3. The third-order valence-corrected chi connectivity index (χ3v) is 11.2. The van der Waals surface area contributed by atoms with Crippen LogP contribution in [0, 0.1) is 0 Å². The van der Waals surface area contributed by atoms with Gasteiger partial charge in [-0.05, 0) is 19.3 Å². The molecule has 0 bridgehead atoms. The number of benzene rings is 1. The topological polar surface area (TPSA) is 86.6 Å². The summed E-state index contributed by atoms with van der Waals surface area (Å²) in [6, 6.07) is 7.53. The number of aliphatic hydroxyl groups excluding tert-OH is 2. The fraction of sp³-hybridized carbons (Fsp3) is 0.796. The fourth-order valence-electron chi connectivity index (χ4n) is 7.54. The number of allylic oxidation sites excluding steroid dienone is 1. The number of aliphatic hydroxyl groups is 2. The summed E-state index contributed by atoms with van der Waals surface area (Å²) in [7, 11) is 0. The minimum atomic E-state index is -1.53. The van der Waals surface area contributed by atoms with Gasteiger partial charge in [0, 0.05) is 12.0 Å². The van der Waals surface area contributed by atoms with Gasteiger partial charge in [0.1, 0.15) is 6.10 Å². The molecule has 0 radical (unpaired) electrons. The van der Waals surface area contributed by atoms with Gasteiger partial charge in [0.2, 0.25) is 5.91 Å². The van der Waals surface area contributed by atoms with Gasteiger partial charge in [-0.1, -0.05) is 249 Å². The second-order valence-electron chi connectivity index (χ2n) is 16.3. The molecule has 3 N–H and O–H groups in total. The summed E-state index contributed by atoms with van der Waals surface area (Å²) in [6.45, 7) is 4.54. The van der Waals surface area contributed by atoms with E-state index in [-0.39, 0.29) is 5.91 Å². The predicted octanol–water partition coefficient (Wildman–Crippen LogP) is 13.9. The van der Waals surface area contributed by atoms with Gasteiger partial charge in [-0.15, -0.1) is 0 Å². The lowest BCUT2D eigenvalue weighted by Crippen LogP contribution is -2.53. The highest BCUT2D eigenvalue weighted by Gasteiger charge is 2.32. The van der Waals surface area contributed by atoms with Gasteiger partial charge in [-0.25, -0.2) is 0 Å². The van der Waals surface area contributed by atoms with E-state index in [1.54, 1.807) is 30.3 Å². The minimum absolute atomic E-state index is 0.226. The zero-order valence-corrected chi connectivity index (χ0v) is 35.5. The standard InChI is InChI=1S/C49H87NO4/c1-3-5-7-9-11-13-15-17-18-19-20-21-22-23-24-26-28-30-32-34-39-43-46(52)50-47(49(54)48(53)44-40-36-35-37-41-44)45(51)42-38-33-31-29-27-25-16-14-12-10-8-6-4-2/h35-38,40-42,45,47,49,51,54H,3-34,39,43H2,1-2H3,(H,50,52). The molecule has 54 heavy (non-hydrogen) atoms. The molecule has 0 saturated carbocycles. The first-order chi connectivity index (χ1) is 26.5. The number of ketones is 1. The van der Waals surface area contributed by atoms with Gasteiger partial charge >= 0.3 is 0 Å². The van der Waals surface area contributed by atoms with Crippen molar-refractivity contribution in [3.05, 3.63) is 48.0 Å². The third kappa shape index (κ3) is 29.3. The van der Waals surface area contributed by atoms with Crippen LogP contribution in [-0.2, 0) is 4.79 Å². The molecular weight excluding hydrogens is 667 g/mol. The van der Waals surface area contributed by atoms with Crippen molar-refractivity contribution in [3.63, 3.8) is 0 Å². The molecule has 0 aliphatic rings. The van der Waals surface area contributed by atoms with Crippen LogP contribution in [0.5, 0.6) is 0 Å². The van der Waals surface area contributed by atoms with Crippen LogP contribution in [0.1, 0.15) is 243 Å². The number of unbranched alkanes of at least 4 members (excludes halogenated alkanes) is 31. The van der Waals surface area contributed by atoms with Gasteiger partial charge in [0.25, 0.3) is 0 Å². The molecule has 5 heteroatoms. The molecule has 0 aliphatic carbocycles. The zero-order valence-electron chi connectivity index (χ0n) is 35.5. The molecule has 0 heterocycles. The van der Waals surface area contributed by atoms with Gasteiger partial charge in [-0.2, -0.15) is 0 Å². The normalized spacial score (nSPS) is 13.3. The smallest absolute Gasteiger partial charge is 0.220 e. The molecule has 1 amide bonds. The summed E-state index contributed by atoms with van der Waals surface area (Å²) in [5.74, 6) is -0.719. The minimum Gasteiger partial charge on any atom is -0.387 e. The van der Waals surface area contributed by atoms with Crippen molar-refractivity contribution in [1.82, 2.24) is 5.32 Å². The summed E-state index contributed by atoms with van der Waals surface area (Å²) < 4.78 is 0. The lowest BCUT2D eigenvalue weighted by molar-refractivity contribution is -0.123. The van der Waals surface area contributed by atoms with Crippen LogP contribution in [-0.4, -0.2) is 40.2 Å². The number of hydrogen-bond acceptors (Lipinski definition) is 4. The second kappa shape index (κ2) is 37.9. The molecule has 312 valence electrons. The summed E-state index contributed by atoms with van der Waals surface area (Å²) in [5.41, 5.74) is 0.366. The average molecular weight is 754 g/mol. The maximum atomic E-state index is 13.1. The summed E-state index contributed by atoms with van der Waals surface area (Å²) in [5, 5.41) is 24.9. The molecular formula is C49H87NO4. The van der Waals surface area contributed by atoms with E-state index in [1.807, 2.05) is 12.1 Å². The van der Waals surface area contributed by atoms with Crippen LogP contribution in [0.15, 0.2) is 42.5 Å². The van der Waals surface area contributed by atoms with Crippen molar-refractivity contribution in [2.75, 3.05) is 0 Å². The first kappa shape index (κ1) is 50.0. The van der Waals surface area contributed by atoms with Crippen molar-refractivity contribution in [3.8, 4) is 0 Å². The van der Waals surface area contributed by atoms with Gasteiger partial charge in [-0.3, -0.25) is 9.59 Å². The van der Waals surface area contributed by atoms with Crippen molar-refractivity contribution >= 4 is 11.7 Å². The van der Waals surface area contributed by atoms with Gasteiger partial charge in [0.05, 0.1) is 12.1 Å². The maximum Gasteiger partial charge on any atom is 0.220 e. The van der Waals surface area contributed by atoms with Crippen molar-refractivity contribution < 1.29 is 19.8 Å². The van der Waals surface area contributed by atoms with Crippen molar-refractivity contribution in [2.24, 2.45) is 0 Å². The Morgan fingerprint density at radius 1 is 0.519 bits per heavy atom. The summed E-state index contributed by atoms with van der Waals surface area (Å²) >= 11 is 0. The van der Waals surface area contributed by atoms with E-state index in [9.17, 15) is 19.8 Å². The molecule has 5 nitrogen and oxygen atoms in total. The fourth-order valence-corrected chi connectivity index (χ4v) is 7.54. The highest BCUT2D eigenvalue weighted by atomic mass is 16.3. The van der Waals surface area contributed by atoms with Crippen LogP contribution < -0.4 is 5.32 Å². The van der Waals surface area contributed by atoms with Crippen LogP contribution >= 0.6 is 0 Å². The Bertz CT molecular complexity index is 995. The predicted molar refractivity (Wildman–Crippen MR) is 232 cm³/mol. The quantitative estimate of drug-likeness (QED) is 0.0354. The van der Waals surface area contributed by atoms with Crippen molar-refractivity contribution in [1.29, 1.82) is 0 Å². The molecule has 0 aromatic heterocycles. The highest BCUT2D eigenvalue weighted by molar-refractivity contribution is 6.00. The lowest BCUT2D eigenvalue weighted by Gasteiger charge is -2.26. The molecule has 3 unspecified atom stereocenters. The lowest BCUT2D eigenvalue weighted by atomic mass is 9.95. The molecule has 0 saturated heterocycles. The molecule has 1 aromatic rings. The van der Waals surface area contributed by atoms with E-state index >= 15 is 0 Å². The number of amides is 1. The van der Waals surface area contributed by atoms with Crippen molar-refractivity contribution in [2.45, 2.75) is 250 Å². The van der Waals surface area contributed by atoms with Crippen LogP contribution in [0.3, 0.4) is 0 Å². The Hall–Kier alpha value is -1.98. The Labute approximate surface area is 334 Å². The summed E-state index contributed by atoms with van der Waals surface area (Å²) in [4.78, 5) is 26.0. The molecule has 0 spiro atoms. The summed E-state index contributed by atoms with van der Waals surface area (Å²) in [6.07, 6.45) is 43.9. The number of nitrogens with one attached hydrogen (secondary N) is 1. The zero-order chi connectivity index (χ0) is 39.2. The van der Waals surface area contributed by atoms with Crippen LogP contribution in [0.2, 0.25) is 0 Å². The van der Waals surface area contributed by atoms with E-state index in [0.29, 0.717) is 12.0 Å². The van der Waals surface area contributed by atoms with Gasteiger partial charge < -0.3 is 15.5 Å². The van der Waals surface area contributed by atoms with Crippen LogP contribution in [0.4, 0.5) is 0 Å². The Balaban J connectivity index is 2.22. The third-order valence-electron chi connectivity index (χ3n) is 11.2. The van der Waals surface area contributed by atoms with E-state index in [2.05, 4.69) is 19.2 Å². The first-order valence-electron chi connectivity index (χ1n) is 23.4. The molecule has 1 aromatic carbocycles. The van der Waals surface area contributed by atoms with Crippen LogP contribution in [0.25, 0.3) is 0 Å².